The number of carbonyl (C=O) groups excluding carboxylic acids is 2. The van der Waals surface area contributed by atoms with Crippen molar-refractivity contribution in [3.63, 3.8) is 0 Å². The highest BCUT2D eigenvalue weighted by Crippen LogP contribution is 2.50. The number of aliphatic hydroxyl groups is 4. The van der Waals surface area contributed by atoms with Crippen LogP contribution in [-0.2, 0) is 21.3 Å². The topological polar surface area (TPSA) is 188 Å². The lowest BCUT2D eigenvalue weighted by Gasteiger charge is -2.56. The molecule has 6 N–H and O–H groups in total. The third-order valence-electron chi connectivity index (χ3n) is 10.4. The lowest BCUT2D eigenvalue weighted by molar-refractivity contribution is -0.344. The van der Waals surface area contributed by atoms with Gasteiger partial charge in [0.05, 0.1) is 23.7 Å². The van der Waals surface area contributed by atoms with Crippen molar-refractivity contribution < 1.29 is 44.6 Å². The Kier molecular flexibility index (Phi) is 18.5. The van der Waals surface area contributed by atoms with Crippen molar-refractivity contribution in [3.8, 4) is 5.75 Å². The third-order valence-corrected chi connectivity index (χ3v) is 10.4. The van der Waals surface area contributed by atoms with Crippen LogP contribution in [-0.4, -0.2) is 91.2 Å². The van der Waals surface area contributed by atoms with E-state index >= 15 is 0 Å². The van der Waals surface area contributed by atoms with Gasteiger partial charge in [-0.05, 0) is 57.7 Å². The molecule has 1 saturated heterocycles. The van der Waals surface area contributed by atoms with Crippen molar-refractivity contribution in [2.24, 2.45) is 18.4 Å². The van der Waals surface area contributed by atoms with Crippen molar-refractivity contribution in [2.45, 2.75) is 104 Å². The molecule has 0 aromatic carbocycles. The average molecular weight is 779 g/mol. The number of aryl methyl sites for hydroxylation is 1. The zero-order valence-electron chi connectivity index (χ0n) is 34.2. The number of allylic oxidation sites excluding steroid dienone is 12. The number of Topliss-reactive ketones (excluding diaryl/α,β-unsaturated/α-hetero) is 1. The summed E-state index contributed by atoms with van der Waals surface area (Å²) in [5.41, 5.74) is -1.75. The highest BCUT2D eigenvalue weighted by atomic mass is 16.6. The zero-order valence-corrected chi connectivity index (χ0v) is 34.2. The maximum Gasteiger partial charge on any atom is 0.265 e. The highest BCUT2D eigenvalue weighted by molar-refractivity contribution is 6.09. The van der Waals surface area contributed by atoms with Crippen LogP contribution < -0.4 is 10.9 Å². The molecule has 0 spiro atoms. The second kappa shape index (κ2) is 21.8. The zero-order chi connectivity index (χ0) is 42.3. The standard InChI is InChI=1S/C44H62N2O10/c1-10-12-20-26-43(7)42(5,6)35(49)29-44(54,56-43)32(11-2)40(52)45-27-21-19-23-31(4)39(55-9)38(51)34(48)24-18-16-14-13-15-17-22-30(3)37(50)36-33(47)25-28-46(8)41(36)53/h10,12-23,25-26,28,32,34-35,38-39,47-49,51,54H,11,24,27,29H2,1-9H3,(H,45,52)/t32-,34+,35+,38+,39+,43+,44+/m1/s1. The van der Waals surface area contributed by atoms with Crippen LogP contribution in [0.1, 0.15) is 78.1 Å². The number of aromatic hydroxyl groups is 1. The second-order valence-electron chi connectivity index (χ2n) is 14.7. The molecule has 0 unspecified atom stereocenters. The average Bonchev–Trinajstić information content (AvgIpc) is 3.13. The van der Waals surface area contributed by atoms with Crippen molar-refractivity contribution in [2.75, 3.05) is 13.7 Å². The predicted molar refractivity (Wildman–Crippen MR) is 219 cm³/mol. The maximum absolute atomic E-state index is 13.3. The summed E-state index contributed by atoms with van der Waals surface area (Å²) in [6, 6.07) is 1.29. The van der Waals surface area contributed by atoms with Crippen molar-refractivity contribution in [3.05, 3.63) is 124 Å². The summed E-state index contributed by atoms with van der Waals surface area (Å²) in [5, 5.41) is 56.9. The Labute approximate surface area is 331 Å². The number of nitrogens with one attached hydrogen (secondary N) is 1. The molecule has 2 heterocycles. The van der Waals surface area contributed by atoms with Gasteiger partial charge in [-0.15, -0.1) is 0 Å². The number of hydrogen-bond donors (Lipinski definition) is 6. The number of ketones is 1. The molecule has 2 rings (SSSR count). The first kappa shape index (κ1) is 47.7. The van der Waals surface area contributed by atoms with Crippen LogP contribution in [0.15, 0.2) is 113 Å². The SMILES string of the molecule is CC=CC=C[C@]1(C)O[C@](O)([C@H](CC)C(=O)NCC=CC=C(C)[C@H](OC)[C@@H](O)[C@@H](O)CC=CC=CC=CC=C(C)C(=O)c2c(O)ccn(C)c2=O)C[C@H](O)C1(C)C. The molecule has 308 valence electrons. The fourth-order valence-corrected chi connectivity index (χ4v) is 6.32. The molecule has 1 fully saturated rings. The van der Waals surface area contributed by atoms with Crippen LogP contribution in [0, 0.1) is 11.3 Å². The van der Waals surface area contributed by atoms with E-state index < -0.39 is 64.4 Å². The predicted octanol–water partition coefficient (Wildman–Crippen LogP) is 5.05. The van der Waals surface area contributed by atoms with Crippen molar-refractivity contribution in [1.82, 2.24) is 9.88 Å². The van der Waals surface area contributed by atoms with Crippen LogP contribution in [0.25, 0.3) is 0 Å². The van der Waals surface area contributed by atoms with Gasteiger partial charge in [0.1, 0.15) is 23.5 Å². The first-order chi connectivity index (χ1) is 26.3. The number of aromatic nitrogens is 1. The lowest BCUT2D eigenvalue weighted by atomic mass is 9.66. The van der Waals surface area contributed by atoms with Gasteiger partial charge >= 0.3 is 0 Å². The fraction of sp³-hybridized carbons (Fsp3) is 0.477. The summed E-state index contributed by atoms with van der Waals surface area (Å²) >= 11 is 0. The van der Waals surface area contributed by atoms with Gasteiger partial charge in [0.15, 0.2) is 11.6 Å². The summed E-state index contributed by atoms with van der Waals surface area (Å²) in [4.78, 5) is 38.2. The van der Waals surface area contributed by atoms with Gasteiger partial charge in [-0.25, -0.2) is 0 Å². The largest absolute Gasteiger partial charge is 0.507 e. The quantitative estimate of drug-likeness (QED) is 0.0631. The molecule has 0 saturated carbocycles. The molecule has 56 heavy (non-hydrogen) atoms. The van der Waals surface area contributed by atoms with Crippen LogP contribution in [0.3, 0.4) is 0 Å². The van der Waals surface area contributed by atoms with Gasteiger partial charge in [0, 0.05) is 38.7 Å². The van der Waals surface area contributed by atoms with Crippen LogP contribution in [0.2, 0.25) is 0 Å². The van der Waals surface area contributed by atoms with E-state index in [-0.39, 0.29) is 42.7 Å². The van der Waals surface area contributed by atoms with Crippen molar-refractivity contribution >= 4 is 11.7 Å². The molecule has 7 atom stereocenters. The van der Waals surface area contributed by atoms with Gasteiger partial charge < -0.3 is 44.9 Å². The normalized spacial score (nSPS) is 24.6. The minimum atomic E-state index is -1.90. The van der Waals surface area contributed by atoms with Gasteiger partial charge in [-0.3, -0.25) is 14.4 Å². The molecule has 12 nitrogen and oxygen atoms in total. The van der Waals surface area contributed by atoms with E-state index in [2.05, 4.69) is 5.32 Å². The molecule has 1 amide bonds. The summed E-state index contributed by atoms with van der Waals surface area (Å²) in [7, 11) is 2.93. The third kappa shape index (κ3) is 12.3. The van der Waals surface area contributed by atoms with Gasteiger partial charge in [0.25, 0.3) is 5.56 Å². The first-order valence-corrected chi connectivity index (χ1v) is 18.8. The second-order valence-corrected chi connectivity index (χ2v) is 14.7. The number of rotatable bonds is 19. The lowest BCUT2D eigenvalue weighted by Crippen LogP contribution is -2.65. The summed E-state index contributed by atoms with van der Waals surface area (Å²) < 4.78 is 13.0. The number of pyridine rings is 1. The smallest absolute Gasteiger partial charge is 0.265 e. The molecular formula is C44H62N2O10. The first-order valence-electron chi connectivity index (χ1n) is 18.8. The Bertz CT molecular complexity index is 1800. The van der Waals surface area contributed by atoms with E-state index in [1.54, 1.807) is 94.5 Å². The van der Waals surface area contributed by atoms with Crippen LogP contribution in [0.4, 0.5) is 0 Å². The summed E-state index contributed by atoms with van der Waals surface area (Å²) in [6.45, 7) is 12.6. The van der Waals surface area contributed by atoms with E-state index in [1.165, 1.54) is 37.1 Å². The number of amides is 1. The highest BCUT2D eigenvalue weighted by Gasteiger charge is 2.59. The number of aliphatic hydroxyl groups excluding tert-OH is 3. The number of methoxy groups -OCH3 is 1. The molecule has 0 radical (unpaired) electrons. The van der Waals surface area contributed by atoms with Crippen LogP contribution in [0.5, 0.6) is 5.75 Å². The number of ether oxygens (including phenoxy) is 2. The molecule has 1 aliphatic rings. The molecule has 1 aliphatic heterocycles. The number of hydrogen-bond acceptors (Lipinski definition) is 10. The Balaban J connectivity index is 1.94. The summed E-state index contributed by atoms with van der Waals surface area (Å²) in [6.07, 6.45) is 21.6. The van der Waals surface area contributed by atoms with E-state index in [0.717, 1.165) is 0 Å². The van der Waals surface area contributed by atoms with E-state index in [1.807, 2.05) is 32.9 Å². The molecule has 1 aromatic rings. The molecule has 12 heteroatoms. The Morgan fingerprint density at radius 1 is 1.04 bits per heavy atom. The van der Waals surface area contributed by atoms with Gasteiger partial charge in [-0.2, -0.15) is 0 Å². The molecule has 1 aromatic heterocycles. The fourth-order valence-electron chi connectivity index (χ4n) is 6.32. The van der Waals surface area contributed by atoms with Crippen molar-refractivity contribution in [1.29, 1.82) is 0 Å². The minimum absolute atomic E-state index is 0.121. The van der Waals surface area contributed by atoms with E-state index in [9.17, 15) is 39.9 Å². The van der Waals surface area contributed by atoms with Gasteiger partial charge in [0.2, 0.25) is 5.91 Å². The minimum Gasteiger partial charge on any atom is -0.507 e. The number of carbonyl (C=O) groups is 2. The van der Waals surface area contributed by atoms with E-state index in [0.29, 0.717) is 5.57 Å². The molecule has 0 bridgehead atoms. The summed E-state index contributed by atoms with van der Waals surface area (Å²) in [5.74, 6) is -4.20. The van der Waals surface area contributed by atoms with E-state index in [4.69, 9.17) is 9.47 Å². The Hall–Kier alpha value is -4.43. The Morgan fingerprint density at radius 3 is 2.34 bits per heavy atom. The number of nitrogens with zero attached hydrogens (tertiary/aromatic N) is 1. The van der Waals surface area contributed by atoms with Crippen LogP contribution >= 0.6 is 0 Å². The van der Waals surface area contributed by atoms with Gasteiger partial charge in [-0.1, -0.05) is 106 Å². The Morgan fingerprint density at radius 2 is 1.70 bits per heavy atom. The molecule has 0 aliphatic carbocycles. The molecular weight excluding hydrogens is 716 g/mol. The monoisotopic (exact) mass is 778 g/mol. The maximum atomic E-state index is 13.3.